The highest BCUT2D eigenvalue weighted by Crippen LogP contribution is 2.36. The first kappa shape index (κ1) is 14.0. The molecular formula is C15H10N2O4S. The van der Waals surface area contributed by atoms with Crippen LogP contribution in [0.25, 0.3) is 10.1 Å². The molecule has 6 nitrogen and oxygen atoms in total. The molecule has 0 amide bonds. The van der Waals surface area contributed by atoms with Crippen molar-refractivity contribution in [2.45, 2.75) is 0 Å². The SMILES string of the molecule is O=[N+]([O-])c1ccc(O)c(N=Cc2sc3ccccc3c2O)c1. The number of rotatable bonds is 3. The molecule has 2 N–H and O–H groups in total. The van der Waals surface area contributed by atoms with Crippen molar-refractivity contribution in [2.24, 2.45) is 4.99 Å². The molecule has 0 radical (unpaired) electrons. The number of thiophene rings is 1. The monoisotopic (exact) mass is 314 g/mol. The number of phenols is 1. The average Bonchev–Trinajstić information content (AvgIpc) is 2.83. The van der Waals surface area contributed by atoms with Gasteiger partial charge in [-0.25, -0.2) is 0 Å². The Morgan fingerprint density at radius 2 is 1.95 bits per heavy atom. The van der Waals surface area contributed by atoms with Crippen LogP contribution in [0.1, 0.15) is 4.88 Å². The van der Waals surface area contributed by atoms with Crippen molar-refractivity contribution >= 4 is 39.0 Å². The molecule has 1 heterocycles. The van der Waals surface area contributed by atoms with E-state index in [1.165, 1.54) is 35.8 Å². The first-order valence-electron chi connectivity index (χ1n) is 6.28. The van der Waals surface area contributed by atoms with E-state index in [4.69, 9.17) is 0 Å². The fourth-order valence-electron chi connectivity index (χ4n) is 2.00. The standard InChI is InChI=1S/C15H10N2O4S/c18-12-6-5-9(17(20)21)7-11(12)16-8-14-15(19)10-3-1-2-4-13(10)22-14/h1-8,18-19H. The number of fused-ring (bicyclic) bond motifs is 1. The van der Waals surface area contributed by atoms with E-state index >= 15 is 0 Å². The van der Waals surface area contributed by atoms with Gasteiger partial charge in [0.25, 0.3) is 5.69 Å². The molecule has 2 aromatic carbocycles. The van der Waals surface area contributed by atoms with E-state index in [-0.39, 0.29) is 22.9 Å². The maximum atomic E-state index is 10.7. The van der Waals surface area contributed by atoms with Crippen molar-refractivity contribution in [2.75, 3.05) is 0 Å². The summed E-state index contributed by atoms with van der Waals surface area (Å²) in [5.41, 5.74) is -0.0865. The lowest BCUT2D eigenvalue weighted by Gasteiger charge is -1.98. The Balaban J connectivity index is 2.01. The molecule has 0 aliphatic carbocycles. The minimum Gasteiger partial charge on any atom is -0.506 e. The lowest BCUT2D eigenvalue weighted by atomic mass is 10.2. The first-order valence-corrected chi connectivity index (χ1v) is 7.10. The summed E-state index contributed by atoms with van der Waals surface area (Å²) in [4.78, 5) is 14.8. The molecule has 0 saturated heterocycles. The van der Waals surface area contributed by atoms with Crippen LogP contribution >= 0.6 is 11.3 Å². The molecule has 3 rings (SSSR count). The second-order valence-electron chi connectivity index (χ2n) is 4.50. The van der Waals surface area contributed by atoms with Crippen molar-refractivity contribution in [3.63, 3.8) is 0 Å². The fraction of sp³-hybridized carbons (Fsp3) is 0. The van der Waals surface area contributed by atoms with Gasteiger partial charge >= 0.3 is 0 Å². The summed E-state index contributed by atoms with van der Waals surface area (Å²) in [6, 6.07) is 11.0. The van der Waals surface area contributed by atoms with Gasteiger partial charge in [-0.05, 0) is 18.2 Å². The number of phenolic OH excluding ortho intramolecular Hbond substituents is 1. The van der Waals surface area contributed by atoms with Crippen LogP contribution < -0.4 is 0 Å². The Morgan fingerprint density at radius 3 is 2.68 bits per heavy atom. The van der Waals surface area contributed by atoms with Crippen molar-refractivity contribution in [3.05, 3.63) is 57.5 Å². The number of aliphatic imine (C=N–C) groups is 1. The predicted octanol–water partition coefficient (Wildman–Crippen LogP) is 3.97. The summed E-state index contributed by atoms with van der Waals surface area (Å²) in [5.74, 6) is -0.0586. The van der Waals surface area contributed by atoms with Crippen LogP contribution in [-0.2, 0) is 0 Å². The molecule has 0 bridgehead atoms. The summed E-state index contributed by atoms with van der Waals surface area (Å²) in [7, 11) is 0. The zero-order valence-corrected chi connectivity index (χ0v) is 11.9. The Labute approximate surface area is 128 Å². The van der Waals surface area contributed by atoms with Crippen molar-refractivity contribution in [3.8, 4) is 11.5 Å². The van der Waals surface area contributed by atoms with Crippen LogP contribution in [0.5, 0.6) is 11.5 Å². The molecule has 0 aliphatic heterocycles. The second-order valence-corrected chi connectivity index (χ2v) is 5.58. The third-order valence-corrected chi connectivity index (χ3v) is 4.18. The van der Waals surface area contributed by atoms with Crippen LogP contribution in [-0.4, -0.2) is 21.4 Å². The lowest BCUT2D eigenvalue weighted by molar-refractivity contribution is -0.384. The smallest absolute Gasteiger partial charge is 0.271 e. The molecule has 110 valence electrons. The van der Waals surface area contributed by atoms with Gasteiger partial charge in [-0.2, -0.15) is 0 Å². The zero-order valence-electron chi connectivity index (χ0n) is 11.1. The Morgan fingerprint density at radius 1 is 1.18 bits per heavy atom. The number of hydrogen-bond acceptors (Lipinski definition) is 6. The van der Waals surface area contributed by atoms with Crippen molar-refractivity contribution < 1.29 is 15.1 Å². The van der Waals surface area contributed by atoms with Crippen LogP contribution in [0.15, 0.2) is 47.5 Å². The Bertz CT molecular complexity index is 902. The molecule has 0 spiro atoms. The molecule has 1 aromatic heterocycles. The number of benzene rings is 2. The van der Waals surface area contributed by atoms with Gasteiger partial charge in [0, 0.05) is 28.4 Å². The van der Waals surface area contributed by atoms with Crippen molar-refractivity contribution in [1.29, 1.82) is 0 Å². The average molecular weight is 314 g/mol. The lowest BCUT2D eigenvalue weighted by Crippen LogP contribution is -1.86. The summed E-state index contributed by atoms with van der Waals surface area (Å²) in [5, 5.41) is 31.3. The highest BCUT2D eigenvalue weighted by molar-refractivity contribution is 7.21. The van der Waals surface area contributed by atoms with E-state index in [1.54, 1.807) is 6.07 Å². The molecular weight excluding hydrogens is 304 g/mol. The highest BCUT2D eigenvalue weighted by Gasteiger charge is 2.11. The van der Waals surface area contributed by atoms with Gasteiger partial charge < -0.3 is 10.2 Å². The van der Waals surface area contributed by atoms with Gasteiger partial charge in [-0.1, -0.05) is 12.1 Å². The molecule has 0 saturated carbocycles. The van der Waals surface area contributed by atoms with E-state index in [0.29, 0.717) is 4.88 Å². The number of hydrogen-bond donors (Lipinski definition) is 2. The minimum atomic E-state index is -0.560. The summed E-state index contributed by atoms with van der Waals surface area (Å²) in [6.07, 6.45) is 1.39. The van der Waals surface area contributed by atoms with Crippen LogP contribution in [0.3, 0.4) is 0 Å². The quantitative estimate of drug-likeness (QED) is 0.434. The molecule has 0 aliphatic rings. The molecule has 3 aromatic rings. The maximum absolute atomic E-state index is 10.7. The van der Waals surface area contributed by atoms with Gasteiger partial charge in [0.2, 0.25) is 0 Å². The molecule has 0 unspecified atom stereocenters. The molecule has 7 heteroatoms. The predicted molar refractivity (Wildman–Crippen MR) is 85.5 cm³/mol. The van der Waals surface area contributed by atoms with Gasteiger partial charge in [0.1, 0.15) is 17.2 Å². The summed E-state index contributed by atoms with van der Waals surface area (Å²) >= 11 is 1.34. The van der Waals surface area contributed by atoms with Gasteiger partial charge in [-0.15, -0.1) is 11.3 Å². The zero-order chi connectivity index (χ0) is 15.7. The van der Waals surface area contributed by atoms with Gasteiger partial charge in [0.15, 0.2) is 0 Å². The summed E-state index contributed by atoms with van der Waals surface area (Å²) in [6.45, 7) is 0. The molecule has 22 heavy (non-hydrogen) atoms. The maximum Gasteiger partial charge on any atom is 0.271 e. The second kappa shape index (κ2) is 5.45. The first-order chi connectivity index (χ1) is 10.6. The van der Waals surface area contributed by atoms with Crippen LogP contribution in [0.4, 0.5) is 11.4 Å². The fourth-order valence-corrected chi connectivity index (χ4v) is 2.97. The Kier molecular flexibility index (Phi) is 3.48. The van der Waals surface area contributed by atoms with E-state index in [2.05, 4.69) is 4.99 Å². The topological polar surface area (TPSA) is 96.0 Å². The summed E-state index contributed by atoms with van der Waals surface area (Å²) < 4.78 is 0.907. The normalized spacial score (nSPS) is 11.3. The third kappa shape index (κ3) is 2.49. The molecule has 0 atom stereocenters. The number of nitrogens with zero attached hydrogens (tertiary/aromatic N) is 2. The van der Waals surface area contributed by atoms with E-state index in [0.717, 1.165) is 10.1 Å². The van der Waals surface area contributed by atoms with E-state index in [9.17, 15) is 20.3 Å². The minimum absolute atomic E-state index is 0.0751. The van der Waals surface area contributed by atoms with Crippen LogP contribution in [0.2, 0.25) is 0 Å². The third-order valence-electron chi connectivity index (χ3n) is 3.09. The highest BCUT2D eigenvalue weighted by atomic mass is 32.1. The number of nitro groups is 1. The number of nitro benzene ring substituents is 1. The number of non-ortho nitro benzene ring substituents is 1. The van der Waals surface area contributed by atoms with Crippen molar-refractivity contribution in [1.82, 2.24) is 0 Å². The van der Waals surface area contributed by atoms with Crippen LogP contribution in [0, 0.1) is 10.1 Å². The largest absolute Gasteiger partial charge is 0.506 e. The van der Waals surface area contributed by atoms with E-state index in [1.807, 2.05) is 18.2 Å². The van der Waals surface area contributed by atoms with Gasteiger partial charge in [0.05, 0.1) is 9.80 Å². The number of aromatic hydroxyl groups is 2. The van der Waals surface area contributed by atoms with Gasteiger partial charge in [-0.3, -0.25) is 15.1 Å². The Hall–Kier alpha value is -2.93. The van der Waals surface area contributed by atoms with E-state index < -0.39 is 4.92 Å². The molecule has 0 fully saturated rings.